The Bertz CT molecular complexity index is 766. The number of rotatable bonds is 6. The van der Waals surface area contributed by atoms with E-state index in [0.29, 0.717) is 25.3 Å². The van der Waals surface area contributed by atoms with E-state index >= 15 is 0 Å². The molecule has 0 spiro atoms. The summed E-state index contributed by atoms with van der Waals surface area (Å²) >= 11 is 0. The van der Waals surface area contributed by atoms with Crippen molar-refractivity contribution in [1.82, 2.24) is 15.1 Å². The van der Waals surface area contributed by atoms with Crippen LogP contribution in [0.2, 0.25) is 0 Å². The molecule has 0 radical (unpaired) electrons. The summed E-state index contributed by atoms with van der Waals surface area (Å²) < 4.78 is 5.49. The lowest BCUT2D eigenvalue weighted by Gasteiger charge is -2.23. The Balaban J connectivity index is 1.53. The molecule has 1 heterocycles. The Hall–Kier alpha value is -2.77. The molecule has 2 atom stereocenters. The minimum atomic E-state index is -0.789. The molecule has 1 aromatic carbocycles. The highest BCUT2D eigenvalue weighted by Gasteiger charge is 2.55. The minimum Gasteiger partial charge on any atom is -0.484 e. The van der Waals surface area contributed by atoms with E-state index in [9.17, 15) is 19.5 Å². The number of ether oxygens (including phenoxy) is 1. The third-order valence-corrected chi connectivity index (χ3v) is 5.79. The zero-order chi connectivity index (χ0) is 20.3. The average Bonchev–Trinajstić information content (AvgIpc) is 3.23. The first kappa shape index (κ1) is 20.0. The van der Waals surface area contributed by atoms with Crippen LogP contribution in [0.25, 0.3) is 0 Å². The number of hydrogen-bond donors (Lipinski definition) is 2. The number of carbonyl (C=O) groups excluding carboxylic acids is 2. The molecule has 2 fully saturated rings. The van der Waals surface area contributed by atoms with Crippen molar-refractivity contribution >= 4 is 17.9 Å². The first-order valence-electron chi connectivity index (χ1n) is 9.50. The molecule has 0 bridgehead atoms. The Kier molecular flexibility index (Phi) is 5.76. The highest BCUT2D eigenvalue weighted by atomic mass is 16.5. The molecule has 8 heteroatoms. The van der Waals surface area contributed by atoms with Crippen molar-refractivity contribution < 1.29 is 24.2 Å². The van der Waals surface area contributed by atoms with E-state index in [0.717, 1.165) is 18.4 Å². The molecule has 2 N–H and O–H groups in total. The van der Waals surface area contributed by atoms with Crippen LogP contribution >= 0.6 is 0 Å². The van der Waals surface area contributed by atoms with E-state index in [2.05, 4.69) is 5.32 Å². The van der Waals surface area contributed by atoms with E-state index in [4.69, 9.17) is 4.74 Å². The zero-order valence-electron chi connectivity index (χ0n) is 16.3. The molecule has 1 aliphatic carbocycles. The Morgan fingerprint density at radius 2 is 2.14 bits per heavy atom. The van der Waals surface area contributed by atoms with Crippen LogP contribution in [0.5, 0.6) is 5.75 Å². The quantitative estimate of drug-likeness (QED) is 0.769. The number of carbonyl (C=O) groups is 3. The van der Waals surface area contributed by atoms with Crippen LogP contribution < -0.4 is 10.1 Å². The molecule has 0 unspecified atom stereocenters. The van der Waals surface area contributed by atoms with E-state index in [1.165, 1.54) is 4.90 Å². The van der Waals surface area contributed by atoms with Gasteiger partial charge in [0.05, 0.1) is 5.41 Å². The average molecular weight is 389 g/mol. The normalized spacial score (nSPS) is 23.2. The predicted molar refractivity (Wildman–Crippen MR) is 102 cm³/mol. The molecule has 8 nitrogen and oxygen atoms in total. The Labute approximate surface area is 164 Å². The molecule has 28 heavy (non-hydrogen) atoms. The van der Waals surface area contributed by atoms with Crippen LogP contribution in [0.15, 0.2) is 24.3 Å². The van der Waals surface area contributed by atoms with Crippen molar-refractivity contribution in [3.63, 3.8) is 0 Å². The third-order valence-electron chi connectivity index (χ3n) is 5.79. The third kappa shape index (κ3) is 4.05. The van der Waals surface area contributed by atoms with Gasteiger partial charge in [0.25, 0.3) is 5.91 Å². The predicted octanol–water partition coefficient (Wildman–Crippen LogP) is 1.55. The van der Waals surface area contributed by atoms with Gasteiger partial charge in [-0.1, -0.05) is 18.6 Å². The molecule has 1 saturated heterocycles. The minimum absolute atomic E-state index is 0.0433. The van der Waals surface area contributed by atoms with E-state index in [-0.39, 0.29) is 31.0 Å². The van der Waals surface area contributed by atoms with Gasteiger partial charge in [-0.2, -0.15) is 0 Å². The van der Waals surface area contributed by atoms with Crippen molar-refractivity contribution in [2.24, 2.45) is 11.3 Å². The smallest absolute Gasteiger partial charge is 0.317 e. The fourth-order valence-corrected chi connectivity index (χ4v) is 4.10. The fourth-order valence-electron chi connectivity index (χ4n) is 4.10. The van der Waals surface area contributed by atoms with Gasteiger partial charge in [0.2, 0.25) is 0 Å². The van der Waals surface area contributed by atoms with Gasteiger partial charge in [0, 0.05) is 33.7 Å². The van der Waals surface area contributed by atoms with E-state index in [1.54, 1.807) is 37.2 Å². The fraction of sp³-hybridized carbons (Fsp3) is 0.550. The number of urea groups is 1. The van der Waals surface area contributed by atoms with Crippen molar-refractivity contribution in [2.75, 3.05) is 33.8 Å². The maximum absolute atomic E-state index is 12.5. The number of nitrogens with one attached hydrogen (secondary N) is 1. The van der Waals surface area contributed by atoms with E-state index in [1.807, 2.05) is 6.07 Å². The number of amides is 3. The number of carboxylic acids is 1. The number of likely N-dealkylation sites (N-methyl/N-ethyl adjacent to an activating group) is 1. The lowest BCUT2D eigenvalue weighted by atomic mass is 9.81. The van der Waals surface area contributed by atoms with Gasteiger partial charge in [-0.3, -0.25) is 9.59 Å². The van der Waals surface area contributed by atoms with Gasteiger partial charge in [-0.05, 0) is 36.5 Å². The Morgan fingerprint density at radius 1 is 1.36 bits per heavy atom. The summed E-state index contributed by atoms with van der Waals surface area (Å²) in [7, 11) is 3.33. The molecular formula is C20H27N3O5. The summed E-state index contributed by atoms with van der Waals surface area (Å²) in [6, 6.07) is 6.95. The lowest BCUT2D eigenvalue weighted by Crippen LogP contribution is -2.41. The number of fused-ring (bicyclic) bond motifs is 1. The second kappa shape index (κ2) is 8.08. The largest absolute Gasteiger partial charge is 0.484 e. The van der Waals surface area contributed by atoms with Crippen molar-refractivity contribution in [2.45, 2.75) is 25.8 Å². The maximum Gasteiger partial charge on any atom is 0.317 e. The van der Waals surface area contributed by atoms with Crippen LogP contribution in [-0.4, -0.2) is 66.6 Å². The van der Waals surface area contributed by atoms with Crippen LogP contribution in [0, 0.1) is 11.3 Å². The highest BCUT2D eigenvalue weighted by Crippen LogP contribution is 2.48. The summed E-state index contributed by atoms with van der Waals surface area (Å²) in [5.41, 5.74) is 0.0693. The van der Waals surface area contributed by atoms with Gasteiger partial charge >= 0.3 is 12.0 Å². The number of carboxylic acid groups (broad SMARTS) is 1. The maximum atomic E-state index is 12.5. The number of aliphatic carboxylic acids is 1. The van der Waals surface area contributed by atoms with Gasteiger partial charge in [0.15, 0.2) is 6.61 Å². The van der Waals surface area contributed by atoms with Crippen LogP contribution in [0.3, 0.4) is 0 Å². The molecule has 3 rings (SSSR count). The molecule has 1 aliphatic heterocycles. The van der Waals surface area contributed by atoms with Crippen molar-refractivity contribution in [1.29, 1.82) is 0 Å². The van der Waals surface area contributed by atoms with Crippen LogP contribution in [-0.2, 0) is 16.1 Å². The zero-order valence-corrected chi connectivity index (χ0v) is 16.3. The second-order valence-electron chi connectivity index (χ2n) is 7.81. The Morgan fingerprint density at radius 3 is 2.82 bits per heavy atom. The topological polar surface area (TPSA) is 99.2 Å². The lowest BCUT2D eigenvalue weighted by molar-refractivity contribution is -0.149. The summed E-state index contributed by atoms with van der Waals surface area (Å²) in [5, 5.41) is 12.5. The first-order valence-corrected chi connectivity index (χ1v) is 9.50. The standard InChI is InChI=1S/C20H27N3O5/c1-22(2)17(24)12-28-16-7-3-5-14(9-16)10-21-19(27)23-11-15-6-4-8-20(15,13-23)18(25)26/h3,5,7,9,15H,4,6,8,10-13H2,1-2H3,(H,21,27)(H,25,26)/t15-,20+/m0/s1. The van der Waals surface area contributed by atoms with Gasteiger partial charge in [-0.25, -0.2) is 4.79 Å². The summed E-state index contributed by atoms with van der Waals surface area (Å²) in [6.45, 7) is 1.02. The summed E-state index contributed by atoms with van der Waals surface area (Å²) in [6.07, 6.45) is 2.42. The number of nitrogens with zero attached hydrogens (tertiary/aromatic N) is 2. The second-order valence-corrected chi connectivity index (χ2v) is 7.81. The van der Waals surface area contributed by atoms with Crippen molar-refractivity contribution in [3.05, 3.63) is 29.8 Å². The first-order chi connectivity index (χ1) is 13.3. The van der Waals surface area contributed by atoms with Crippen LogP contribution in [0.4, 0.5) is 4.79 Å². The summed E-state index contributed by atoms with van der Waals surface area (Å²) in [5.74, 6) is -0.322. The monoisotopic (exact) mass is 389 g/mol. The number of likely N-dealkylation sites (tertiary alicyclic amines) is 1. The molecule has 1 aromatic rings. The van der Waals surface area contributed by atoms with Crippen molar-refractivity contribution in [3.8, 4) is 5.75 Å². The molecule has 3 amide bonds. The van der Waals surface area contributed by atoms with E-state index < -0.39 is 11.4 Å². The summed E-state index contributed by atoms with van der Waals surface area (Å²) in [4.78, 5) is 39.0. The number of benzene rings is 1. The molecule has 2 aliphatic rings. The molecule has 0 aromatic heterocycles. The van der Waals surface area contributed by atoms with Gasteiger partial charge in [-0.15, -0.1) is 0 Å². The van der Waals surface area contributed by atoms with Gasteiger partial charge in [0.1, 0.15) is 5.75 Å². The molecular weight excluding hydrogens is 362 g/mol. The molecule has 1 saturated carbocycles. The number of hydrogen-bond acceptors (Lipinski definition) is 4. The highest BCUT2D eigenvalue weighted by molar-refractivity contribution is 5.80. The SMILES string of the molecule is CN(C)C(=O)COc1cccc(CNC(=O)N2C[C@@H]3CCC[C@@]3(C(=O)O)C2)c1. The van der Waals surface area contributed by atoms with Crippen LogP contribution in [0.1, 0.15) is 24.8 Å². The molecule has 152 valence electrons. The van der Waals surface area contributed by atoms with Gasteiger partial charge < -0.3 is 25.0 Å².